The summed E-state index contributed by atoms with van der Waals surface area (Å²) in [7, 11) is 0. The Morgan fingerprint density at radius 1 is 1.70 bits per heavy atom. The highest BCUT2D eigenvalue weighted by molar-refractivity contribution is 4.75. The molecule has 10 heavy (non-hydrogen) atoms. The number of likely N-dealkylation sites (tertiary alicyclic amines) is 1. The molecular formula is C6H15N3O. The molecule has 1 aliphatic rings. The first kappa shape index (κ1) is 7.94. The quantitative estimate of drug-likeness (QED) is 0.449. The summed E-state index contributed by atoms with van der Waals surface area (Å²) in [5.41, 5.74) is 10.9. The van der Waals surface area contributed by atoms with E-state index >= 15 is 0 Å². The molecule has 1 saturated heterocycles. The van der Waals surface area contributed by atoms with Gasteiger partial charge in [0.15, 0.2) is 0 Å². The van der Waals surface area contributed by atoms with Crippen molar-refractivity contribution in [1.29, 1.82) is 0 Å². The Morgan fingerprint density at radius 2 is 2.40 bits per heavy atom. The lowest BCUT2D eigenvalue weighted by Gasteiger charge is -2.25. The van der Waals surface area contributed by atoms with Gasteiger partial charge in [-0.25, -0.2) is 0 Å². The van der Waals surface area contributed by atoms with Gasteiger partial charge in [-0.3, -0.25) is 4.90 Å². The second-order valence-electron chi connectivity index (χ2n) is 2.66. The van der Waals surface area contributed by atoms with Gasteiger partial charge in [0.1, 0.15) is 6.23 Å². The average Bonchev–Trinajstić information content (AvgIpc) is 2.34. The van der Waals surface area contributed by atoms with Gasteiger partial charge in [0.05, 0.1) is 6.17 Å². The molecule has 0 aromatic heterocycles. The van der Waals surface area contributed by atoms with E-state index in [0.717, 1.165) is 19.4 Å². The standard InChI is InChI=1S/C6H15N3O/c7-4-5(8)9-3-1-2-6(9)10/h5-6,10H,1-4,7-8H2. The highest BCUT2D eigenvalue weighted by Crippen LogP contribution is 2.14. The van der Waals surface area contributed by atoms with Crippen LogP contribution < -0.4 is 11.5 Å². The summed E-state index contributed by atoms with van der Waals surface area (Å²) in [6.45, 7) is 1.29. The van der Waals surface area contributed by atoms with Crippen LogP contribution >= 0.6 is 0 Å². The number of hydrogen-bond acceptors (Lipinski definition) is 4. The van der Waals surface area contributed by atoms with Gasteiger partial charge in [-0.15, -0.1) is 0 Å². The van der Waals surface area contributed by atoms with E-state index in [9.17, 15) is 5.11 Å². The van der Waals surface area contributed by atoms with E-state index in [1.165, 1.54) is 0 Å². The number of rotatable bonds is 2. The van der Waals surface area contributed by atoms with Gasteiger partial charge in [-0.1, -0.05) is 0 Å². The highest BCUT2D eigenvalue weighted by Gasteiger charge is 2.25. The highest BCUT2D eigenvalue weighted by atomic mass is 16.3. The normalized spacial score (nSPS) is 30.9. The summed E-state index contributed by atoms with van der Waals surface area (Å²) < 4.78 is 0. The number of nitrogens with zero attached hydrogens (tertiary/aromatic N) is 1. The van der Waals surface area contributed by atoms with Crippen LogP contribution in [0.4, 0.5) is 0 Å². The minimum atomic E-state index is -0.362. The predicted octanol–water partition coefficient (Wildman–Crippen LogP) is -1.36. The lowest BCUT2D eigenvalue weighted by atomic mass is 10.4. The molecule has 5 N–H and O–H groups in total. The molecule has 0 radical (unpaired) electrons. The van der Waals surface area contributed by atoms with E-state index in [2.05, 4.69) is 0 Å². The van der Waals surface area contributed by atoms with Crippen molar-refractivity contribution in [2.24, 2.45) is 11.5 Å². The number of aliphatic hydroxyl groups excluding tert-OH is 1. The zero-order chi connectivity index (χ0) is 7.56. The van der Waals surface area contributed by atoms with E-state index in [1.54, 1.807) is 0 Å². The topological polar surface area (TPSA) is 75.5 Å². The van der Waals surface area contributed by atoms with Crippen molar-refractivity contribution in [3.63, 3.8) is 0 Å². The second-order valence-corrected chi connectivity index (χ2v) is 2.66. The maximum Gasteiger partial charge on any atom is 0.108 e. The maximum absolute atomic E-state index is 9.28. The third-order valence-electron chi connectivity index (χ3n) is 1.93. The molecule has 0 saturated carbocycles. The molecule has 0 spiro atoms. The molecule has 1 aliphatic heterocycles. The van der Waals surface area contributed by atoms with Crippen molar-refractivity contribution in [1.82, 2.24) is 4.90 Å². The molecule has 4 heteroatoms. The second kappa shape index (κ2) is 3.30. The van der Waals surface area contributed by atoms with E-state index in [1.807, 2.05) is 4.90 Å². The van der Waals surface area contributed by atoms with E-state index in [0.29, 0.717) is 6.54 Å². The van der Waals surface area contributed by atoms with Crippen molar-refractivity contribution >= 4 is 0 Å². The molecule has 1 rings (SSSR count). The molecular weight excluding hydrogens is 130 g/mol. The zero-order valence-corrected chi connectivity index (χ0v) is 6.03. The average molecular weight is 145 g/mol. The van der Waals surface area contributed by atoms with Crippen LogP contribution in [0.1, 0.15) is 12.8 Å². The largest absolute Gasteiger partial charge is 0.378 e. The minimum Gasteiger partial charge on any atom is -0.378 e. The molecule has 4 nitrogen and oxygen atoms in total. The molecule has 1 heterocycles. The summed E-state index contributed by atoms with van der Waals surface area (Å²) in [6, 6.07) is 0. The van der Waals surface area contributed by atoms with Crippen LogP contribution in [0.5, 0.6) is 0 Å². The van der Waals surface area contributed by atoms with E-state index < -0.39 is 0 Å². The minimum absolute atomic E-state index is 0.169. The van der Waals surface area contributed by atoms with Crippen LogP contribution in [0, 0.1) is 0 Å². The van der Waals surface area contributed by atoms with Crippen LogP contribution in [-0.4, -0.2) is 35.5 Å². The molecule has 0 amide bonds. The molecule has 2 unspecified atom stereocenters. The SMILES string of the molecule is NCC(N)N1CCCC1O. The van der Waals surface area contributed by atoms with Crippen LogP contribution in [0.2, 0.25) is 0 Å². The fraction of sp³-hybridized carbons (Fsp3) is 1.00. The van der Waals surface area contributed by atoms with Gasteiger partial charge in [0.25, 0.3) is 0 Å². The molecule has 0 aromatic rings. The predicted molar refractivity (Wildman–Crippen MR) is 39.0 cm³/mol. The molecule has 0 aliphatic carbocycles. The van der Waals surface area contributed by atoms with Gasteiger partial charge < -0.3 is 16.6 Å². The first-order valence-corrected chi connectivity index (χ1v) is 3.65. The smallest absolute Gasteiger partial charge is 0.108 e. The monoisotopic (exact) mass is 145 g/mol. The fourth-order valence-corrected chi connectivity index (χ4v) is 1.29. The zero-order valence-electron chi connectivity index (χ0n) is 6.03. The fourth-order valence-electron chi connectivity index (χ4n) is 1.29. The van der Waals surface area contributed by atoms with Gasteiger partial charge in [0, 0.05) is 13.1 Å². The molecule has 1 fully saturated rings. The lowest BCUT2D eigenvalue weighted by Crippen LogP contribution is -2.49. The Labute approximate surface area is 60.8 Å². The first-order valence-electron chi connectivity index (χ1n) is 3.65. The third kappa shape index (κ3) is 1.46. The van der Waals surface area contributed by atoms with Crippen LogP contribution in [0.15, 0.2) is 0 Å². The molecule has 2 atom stereocenters. The van der Waals surface area contributed by atoms with Crippen LogP contribution in [-0.2, 0) is 0 Å². The Hall–Kier alpha value is -0.160. The van der Waals surface area contributed by atoms with E-state index in [-0.39, 0.29) is 12.4 Å². The summed E-state index contributed by atoms with van der Waals surface area (Å²) in [5, 5.41) is 9.28. The van der Waals surface area contributed by atoms with Crippen molar-refractivity contribution in [2.45, 2.75) is 25.2 Å². The number of nitrogens with two attached hydrogens (primary N) is 2. The van der Waals surface area contributed by atoms with Crippen molar-refractivity contribution in [3.8, 4) is 0 Å². The Balaban J connectivity index is 2.38. The number of hydrogen-bond donors (Lipinski definition) is 3. The third-order valence-corrected chi connectivity index (χ3v) is 1.93. The van der Waals surface area contributed by atoms with Gasteiger partial charge in [-0.05, 0) is 12.8 Å². The Morgan fingerprint density at radius 3 is 2.80 bits per heavy atom. The summed E-state index contributed by atoms with van der Waals surface area (Å²) in [5.74, 6) is 0. The summed E-state index contributed by atoms with van der Waals surface area (Å²) in [4.78, 5) is 1.83. The summed E-state index contributed by atoms with van der Waals surface area (Å²) in [6.07, 6.45) is 1.32. The maximum atomic E-state index is 9.28. The first-order chi connectivity index (χ1) is 4.75. The van der Waals surface area contributed by atoms with Gasteiger partial charge in [-0.2, -0.15) is 0 Å². The van der Waals surface area contributed by atoms with Crippen LogP contribution in [0.3, 0.4) is 0 Å². The number of aliphatic hydroxyl groups is 1. The van der Waals surface area contributed by atoms with Gasteiger partial charge >= 0.3 is 0 Å². The summed E-state index contributed by atoms with van der Waals surface area (Å²) >= 11 is 0. The van der Waals surface area contributed by atoms with Crippen molar-refractivity contribution in [3.05, 3.63) is 0 Å². The Kier molecular flexibility index (Phi) is 2.62. The van der Waals surface area contributed by atoms with Crippen molar-refractivity contribution < 1.29 is 5.11 Å². The molecule has 60 valence electrons. The lowest BCUT2D eigenvalue weighted by molar-refractivity contribution is 0.0124. The van der Waals surface area contributed by atoms with Gasteiger partial charge in [0.2, 0.25) is 0 Å². The molecule has 0 aromatic carbocycles. The molecule has 0 bridgehead atoms. The van der Waals surface area contributed by atoms with E-state index in [4.69, 9.17) is 11.5 Å². The van der Waals surface area contributed by atoms with Crippen molar-refractivity contribution in [2.75, 3.05) is 13.1 Å². The van der Waals surface area contributed by atoms with Crippen LogP contribution in [0.25, 0.3) is 0 Å². The Bertz CT molecular complexity index is 109.